The summed E-state index contributed by atoms with van der Waals surface area (Å²) >= 11 is 0.710. The molecule has 0 bridgehead atoms. The van der Waals surface area contributed by atoms with Gasteiger partial charge in [-0.05, 0) is 54.1 Å². The van der Waals surface area contributed by atoms with Crippen molar-refractivity contribution in [3.05, 3.63) is 59.2 Å². The first kappa shape index (κ1) is 22.0. The molecule has 1 aliphatic heterocycles. The van der Waals surface area contributed by atoms with Crippen molar-refractivity contribution in [3.63, 3.8) is 0 Å². The van der Waals surface area contributed by atoms with Crippen LogP contribution in [-0.2, 0) is 16.0 Å². The zero-order valence-corrected chi connectivity index (χ0v) is 17.1. The summed E-state index contributed by atoms with van der Waals surface area (Å²) in [5.74, 6) is -3.90. The van der Waals surface area contributed by atoms with Crippen LogP contribution < -0.4 is 10.2 Å². The molecule has 10 heteroatoms. The Bertz CT molecular complexity index is 1080. The highest BCUT2D eigenvalue weighted by Gasteiger charge is 2.41. The van der Waals surface area contributed by atoms with Crippen molar-refractivity contribution in [2.24, 2.45) is 0 Å². The Morgan fingerprint density at radius 2 is 1.71 bits per heavy atom. The fourth-order valence-electron chi connectivity index (χ4n) is 3.04. The lowest BCUT2D eigenvalue weighted by Crippen LogP contribution is -2.33. The van der Waals surface area contributed by atoms with Crippen molar-refractivity contribution in [1.82, 2.24) is 0 Å². The van der Waals surface area contributed by atoms with Gasteiger partial charge in [-0.3, -0.25) is 14.4 Å². The molecule has 1 saturated heterocycles. The minimum Gasteiger partial charge on any atom is -0.478 e. The standard InChI is InChI=1S/C21H18N2O7S/c1-2-11-3-6-13(7-4-11)23-18(25)16(31-21(23)30)10-17(24)22-15-9-12(19(26)27)5-8-14(15)20(28)29/h3-9,16H,2,10H2,1H3,(H,22,24)(H,26,27)(H,28,29). The topological polar surface area (TPSA) is 141 Å². The molecule has 2 aromatic carbocycles. The number of carbonyl (C=O) groups excluding carboxylic acids is 3. The molecule has 1 heterocycles. The van der Waals surface area contributed by atoms with Crippen LogP contribution in [0.25, 0.3) is 0 Å². The number of nitrogens with zero attached hydrogens (tertiary/aromatic N) is 1. The molecule has 9 nitrogen and oxygen atoms in total. The Labute approximate surface area is 181 Å². The van der Waals surface area contributed by atoms with Crippen LogP contribution in [0.15, 0.2) is 42.5 Å². The predicted octanol–water partition coefficient (Wildman–Crippen LogP) is 3.24. The normalized spacial score (nSPS) is 15.8. The maximum atomic E-state index is 12.7. The highest BCUT2D eigenvalue weighted by atomic mass is 32.2. The minimum atomic E-state index is -1.35. The fourth-order valence-corrected chi connectivity index (χ4v) is 4.02. The van der Waals surface area contributed by atoms with Crippen molar-refractivity contribution < 1.29 is 34.2 Å². The number of amides is 3. The van der Waals surface area contributed by atoms with Crippen LogP contribution >= 0.6 is 11.8 Å². The van der Waals surface area contributed by atoms with E-state index in [2.05, 4.69) is 5.32 Å². The number of aromatic carboxylic acids is 2. The molecule has 2 aromatic rings. The molecule has 0 spiro atoms. The van der Waals surface area contributed by atoms with E-state index < -0.39 is 34.2 Å². The molecule has 0 saturated carbocycles. The van der Waals surface area contributed by atoms with Gasteiger partial charge in [-0.25, -0.2) is 14.5 Å². The van der Waals surface area contributed by atoms with Crippen molar-refractivity contribution >= 4 is 52.1 Å². The highest BCUT2D eigenvalue weighted by molar-refractivity contribution is 8.15. The van der Waals surface area contributed by atoms with E-state index in [1.54, 1.807) is 12.1 Å². The molecule has 3 amide bonds. The number of carbonyl (C=O) groups is 5. The zero-order valence-electron chi connectivity index (χ0n) is 16.3. The number of rotatable bonds is 7. The van der Waals surface area contributed by atoms with E-state index in [9.17, 15) is 29.1 Å². The van der Waals surface area contributed by atoms with Crippen molar-refractivity contribution in [3.8, 4) is 0 Å². The van der Waals surface area contributed by atoms with Gasteiger partial charge in [0.1, 0.15) is 5.25 Å². The summed E-state index contributed by atoms with van der Waals surface area (Å²) in [7, 11) is 0. The summed E-state index contributed by atoms with van der Waals surface area (Å²) in [6.45, 7) is 1.98. The first-order valence-electron chi connectivity index (χ1n) is 9.25. The Kier molecular flexibility index (Phi) is 6.40. The molecule has 3 N–H and O–H groups in total. The second-order valence-corrected chi connectivity index (χ2v) is 7.84. The van der Waals surface area contributed by atoms with E-state index in [0.717, 1.165) is 35.1 Å². The number of benzene rings is 2. The molecular weight excluding hydrogens is 424 g/mol. The van der Waals surface area contributed by atoms with E-state index in [0.29, 0.717) is 17.4 Å². The predicted molar refractivity (Wildman–Crippen MR) is 114 cm³/mol. The second-order valence-electron chi connectivity index (χ2n) is 6.69. The van der Waals surface area contributed by atoms with Crippen LogP contribution in [0.2, 0.25) is 0 Å². The number of aryl methyl sites for hydroxylation is 1. The molecule has 1 aliphatic rings. The third-order valence-electron chi connectivity index (χ3n) is 4.67. The maximum Gasteiger partial charge on any atom is 0.337 e. The molecule has 0 aromatic heterocycles. The minimum absolute atomic E-state index is 0.203. The summed E-state index contributed by atoms with van der Waals surface area (Å²) in [6, 6.07) is 10.1. The number of hydrogen-bond donors (Lipinski definition) is 3. The highest BCUT2D eigenvalue weighted by Crippen LogP contribution is 2.34. The Morgan fingerprint density at radius 3 is 2.29 bits per heavy atom. The van der Waals surface area contributed by atoms with Gasteiger partial charge >= 0.3 is 11.9 Å². The van der Waals surface area contributed by atoms with Gasteiger partial charge in [0, 0.05) is 6.42 Å². The molecule has 1 fully saturated rings. The summed E-state index contributed by atoms with van der Waals surface area (Å²) in [6.07, 6.45) is 0.427. The summed E-state index contributed by atoms with van der Waals surface area (Å²) in [5, 5.41) is 19.2. The van der Waals surface area contributed by atoms with Crippen molar-refractivity contribution in [2.75, 3.05) is 10.2 Å². The molecule has 0 aliphatic carbocycles. The van der Waals surface area contributed by atoms with Gasteiger partial charge in [0.2, 0.25) is 11.8 Å². The van der Waals surface area contributed by atoms with Gasteiger partial charge < -0.3 is 15.5 Å². The third kappa shape index (κ3) is 4.75. The van der Waals surface area contributed by atoms with Gasteiger partial charge in [-0.2, -0.15) is 0 Å². The number of nitrogens with one attached hydrogen (secondary N) is 1. The van der Waals surface area contributed by atoms with Gasteiger partial charge in [0.05, 0.1) is 22.5 Å². The van der Waals surface area contributed by atoms with Crippen LogP contribution in [0.3, 0.4) is 0 Å². The van der Waals surface area contributed by atoms with Gasteiger partial charge in [-0.15, -0.1) is 0 Å². The lowest BCUT2D eigenvalue weighted by atomic mass is 10.1. The Morgan fingerprint density at radius 1 is 1.03 bits per heavy atom. The molecule has 160 valence electrons. The van der Waals surface area contributed by atoms with E-state index >= 15 is 0 Å². The number of anilines is 2. The zero-order chi connectivity index (χ0) is 22.7. The molecule has 3 rings (SSSR count). The first-order valence-corrected chi connectivity index (χ1v) is 10.1. The summed E-state index contributed by atoms with van der Waals surface area (Å²) < 4.78 is 0. The first-order chi connectivity index (χ1) is 14.7. The number of hydrogen-bond acceptors (Lipinski definition) is 6. The van der Waals surface area contributed by atoms with E-state index in [-0.39, 0.29) is 23.2 Å². The number of thioether (sulfide) groups is 1. The molecule has 31 heavy (non-hydrogen) atoms. The Balaban J connectivity index is 1.74. The number of carboxylic acids is 2. The quantitative estimate of drug-likeness (QED) is 0.593. The van der Waals surface area contributed by atoms with Crippen LogP contribution in [0.5, 0.6) is 0 Å². The second kappa shape index (κ2) is 9.00. The molecule has 1 atom stereocenters. The Hall–Kier alpha value is -3.66. The molecule has 1 unspecified atom stereocenters. The monoisotopic (exact) mass is 442 g/mol. The number of imide groups is 1. The SMILES string of the molecule is CCc1ccc(N2C(=O)SC(CC(=O)Nc3cc(C(=O)O)ccc3C(=O)O)C2=O)cc1. The lowest BCUT2D eigenvalue weighted by Gasteiger charge is -2.14. The molecule has 0 radical (unpaired) electrons. The van der Waals surface area contributed by atoms with E-state index in [4.69, 9.17) is 5.11 Å². The van der Waals surface area contributed by atoms with E-state index in [1.807, 2.05) is 19.1 Å². The van der Waals surface area contributed by atoms with Crippen LogP contribution in [0.1, 0.15) is 39.6 Å². The van der Waals surface area contributed by atoms with Crippen molar-refractivity contribution in [2.45, 2.75) is 25.0 Å². The van der Waals surface area contributed by atoms with Crippen LogP contribution in [0, 0.1) is 0 Å². The van der Waals surface area contributed by atoms with Gasteiger partial charge in [-0.1, -0.05) is 19.1 Å². The van der Waals surface area contributed by atoms with Gasteiger partial charge in [0.25, 0.3) is 5.24 Å². The summed E-state index contributed by atoms with van der Waals surface area (Å²) in [5.41, 5.74) is 0.751. The largest absolute Gasteiger partial charge is 0.478 e. The number of carboxylic acid groups (broad SMARTS) is 2. The fraction of sp³-hybridized carbons (Fsp3) is 0.190. The van der Waals surface area contributed by atoms with Gasteiger partial charge in [0.15, 0.2) is 0 Å². The van der Waals surface area contributed by atoms with Crippen LogP contribution in [-0.4, -0.2) is 44.5 Å². The average molecular weight is 442 g/mol. The maximum absolute atomic E-state index is 12.7. The van der Waals surface area contributed by atoms with Crippen molar-refractivity contribution in [1.29, 1.82) is 0 Å². The lowest BCUT2D eigenvalue weighted by molar-refractivity contribution is -0.121. The average Bonchev–Trinajstić information content (AvgIpc) is 3.00. The smallest absolute Gasteiger partial charge is 0.337 e. The van der Waals surface area contributed by atoms with Crippen LogP contribution in [0.4, 0.5) is 16.2 Å². The third-order valence-corrected chi connectivity index (χ3v) is 5.70. The van der Waals surface area contributed by atoms with E-state index in [1.165, 1.54) is 0 Å². The summed E-state index contributed by atoms with van der Waals surface area (Å²) in [4.78, 5) is 61.0. The molecular formula is C21H18N2O7S.